The van der Waals surface area contributed by atoms with Gasteiger partial charge in [-0.15, -0.1) is 11.3 Å². The summed E-state index contributed by atoms with van der Waals surface area (Å²) in [6, 6.07) is 6.35. The fraction of sp³-hybridized carbons (Fsp3) is 0.316. The summed E-state index contributed by atoms with van der Waals surface area (Å²) in [6.45, 7) is 0.124. The van der Waals surface area contributed by atoms with Crippen LogP contribution >= 0.6 is 11.3 Å². The van der Waals surface area contributed by atoms with E-state index >= 15 is 0 Å². The average molecular weight is 417 g/mol. The van der Waals surface area contributed by atoms with Gasteiger partial charge in [0.1, 0.15) is 0 Å². The van der Waals surface area contributed by atoms with Crippen molar-refractivity contribution in [2.24, 2.45) is 0 Å². The van der Waals surface area contributed by atoms with E-state index in [4.69, 9.17) is 4.74 Å². The Labute approximate surface area is 170 Å². The number of nitrogens with zero attached hydrogens (tertiary/aromatic N) is 2. The van der Waals surface area contributed by atoms with E-state index in [-0.39, 0.29) is 23.6 Å². The number of methoxy groups -OCH3 is 1. The van der Waals surface area contributed by atoms with E-state index in [9.17, 15) is 19.2 Å². The van der Waals surface area contributed by atoms with Gasteiger partial charge >= 0.3 is 11.9 Å². The molecule has 1 saturated heterocycles. The molecule has 0 spiro atoms. The van der Waals surface area contributed by atoms with Gasteiger partial charge in [-0.25, -0.2) is 9.78 Å². The van der Waals surface area contributed by atoms with Gasteiger partial charge in [-0.05, 0) is 18.6 Å². The van der Waals surface area contributed by atoms with Gasteiger partial charge in [0.05, 0.1) is 30.5 Å². The molecule has 1 N–H and O–H groups in total. The van der Waals surface area contributed by atoms with Crippen molar-refractivity contribution >= 4 is 45.9 Å². The van der Waals surface area contributed by atoms with Crippen molar-refractivity contribution < 1.29 is 28.7 Å². The molecule has 2 aromatic rings. The Morgan fingerprint density at radius 2 is 2.07 bits per heavy atom. The molecule has 10 heteroatoms. The van der Waals surface area contributed by atoms with Crippen LogP contribution in [0.3, 0.4) is 0 Å². The molecular formula is C19H19N3O6S. The second-order valence-corrected chi connectivity index (χ2v) is 7.03. The van der Waals surface area contributed by atoms with Crippen LogP contribution in [0.4, 0.5) is 10.8 Å². The molecule has 0 atom stereocenters. The van der Waals surface area contributed by atoms with Crippen molar-refractivity contribution in [3.05, 3.63) is 40.9 Å². The molecule has 0 saturated carbocycles. The SMILES string of the molecule is COC(=O)c1ccccc1NC(=O)COC(=O)Cc1csc(N2CCCC2=O)n1. The minimum absolute atomic E-state index is 0.0254. The predicted octanol–water partition coefficient (Wildman–Crippen LogP) is 1.78. The maximum Gasteiger partial charge on any atom is 0.339 e. The number of carbonyl (C=O) groups excluding carboxylic acids is 4. The molecule has 2 heterocycles. The third-order valence-electron chi connectivity index (χ3n) is 4.14. The first-order chi connectivity index (χ1) is 14.0. The number of rotatable bonds is 7. The first-order valence-electron chi connectivity index (χ1n) is 8.85. The van der Waals surface area contributed by atoms with Crippen molar-refractivity contribution in [3.8, 4) is 0 Å². The lowest BCUT2D eigenvalue weighted by molar-refractivity contribution is -0.146. The van der Waals surface area contributed by atoms with Crippen LogP contribution in [0.15, 0.2) is 29.6 Å². The van der Waals surface area contributed by atoms with Crippen LogP contribution in [0.1, 0.15) is 28.9 Å². The van der Waals surface area contributed by atoms with Gasteiger partial charge in [-0.2, -0.15) is 0 Å². The molecule has 0 unspecified atom stereocenters. The molecule has 1 aliphatic rings. The van der Waals surface area contributed by atoms with Crippen LogP contribution < -0.4 is 10.2 Å². The van der Waals surface area contributed by atoms with E-state index in [2.05, 4.69) is 15.0 Å². The highest BCUT2D eigenvalue weighted by molar-refractivity contribution is 7.14. The van der Waals surface area contributed by atoms with Gasteiger partial charge in [0, 0.05) is 18.3 Å². The standard InChI is InChI=1S/C19H19N3O6S/c1-27-18(26)13-5-2-3-6-14(13)21-15(23)10-28-17(25)9-12-11-29-19(20-12)22-8-4-7-16(22)24/h2-3,5-6,11H,4,7-10H2,1H3,(H,21,23). The summed E-state index contributed by atoms with van der Waals surface area (Å²) < 4.78 is 9.64. The minimum atomic E-state index is -0.619. The van der Waals surface area contributed by atoms with Gasteiger partial charge in [0.25, 0.3) is 5.91 Å². The molecule has 1 aromatic heterocycles. The maximum atomic E-state index is 12.0. The highest BCUT2D eigenvalue weighted by atomic mass is 32.1. The van der Waals surface area contributed by atoms with Crippen LogP contribution in [0, 0.1) is 0 Å². The van der Waals surface area contributed by atoms with Crippen molar-refractivity contribution in [2.75, 3.05) is 30.5 Å². The number of aromatic nitrogens is 1. The van der Waals surface area contributed by atoms with Crippen LogP contribution in [0.5, 0.6) is 0 Å². The fourth-order valence-electron chi connectivity index (χ4n) is 2.76. The number of benzene rings is 1. The molecule has 0 aliphatic carbocycles. The summed E-state index contributed by atoms with van der Waals surface area (Å²) in [4.78, 5) is 53.4. The average Bonchev–Trinajstić information content (AvgIpc) is 3.34. The lowest BCUT2D eigenvalue weighted by atomic mass is 10.2. The first-order valence-corrected chi connectivity index (χ1v) is 9.73. The Morgan fingerprint density at radius 1 is 1.28 bits per heavy atom. The second-order valence-electron chi connectivity index (χ2n) is 6.19. The molecule has 1 fully saturated rings. The quantitative estimate of drug-likeness (QED) is 0.683. The second kappa shape index (κ2) is 9.28. The first kappa shape index (κ1) is 20.5. The number of esters is 2. The van der Waals surface area contributed by atoms with Crippen molar-refractivity contribution in [2.45, 2.75) is 19.3 Å². The van der Waals surface area contributed by atoms with Crippen LogP contribution in [0.2, 0.25) is 0 Å². The number of carbonyl (C=O) groups is 4. The summed E-state index contributed by atoms with van der Waals surface area (Å²) in [5.41, 5.74) is 0.937. The minimum Gasteiger partial charge on any atom is -0.465 e. The third-order valence-corrected chi connectivity index (χ3v) is 5.05. The number of nitrogens with one attached hydrogen (secondary N) is 1. The molecule has 1 aromatic carbocycles. The molecular weight excluding hydrogens is 398 g/mol. The number of para-hydroxylation sites is 1. The molecule has 2 amide bonds. The normalized spacial score (nSPS) is 13.3. The van der Waals surface area contributed by atoms with Gasteiger partial charge in [0.15, 0.2) is 11.7 Å². The van der Waals surface area contributed by atoms with E-state index in [1.165, 1.54) is 24.5 Å². The molecule has 3 rings (SSSR count). The lowest BCUT2D eigenvalue weighted by Crippen LogP contribution is -2.24. The summed E-state index contributed by atoms with van der Waals surface area (Å²) in [7, 11) is 1.24. The highest BCUT2D eigenvalue weighted by Gasteiger charge is 2.24. The summed E-state index contributed by atoms with van der Waals surface area (Å²) in [6.07, 6.45) is 1.19. The van der Waals surface area contributed by atoms with Crippen molar-refractivity contribution in [3.63, 3.8) is 0 Å². The van der Waals surface area contributed by atoms with E-state index in [1.54, 1.807) is 28.5 Å². The molecule has 9 nitrogen and oxygen atoms in total. The fourth-order valence-corrected chi connectivity index (χ4v) is 3.63. The van der Waals surface area contributed by atoms with E-state index in [0.29, 0.717) is 23.8 Å². The Balaban J connectivity index is 1.50. The van der Waals surface area contributed by atoms with Gasteiger partial charge in [-0.3, -0.25) is 19.3 Å². The number of hydrogen-bond donors (Lipinski definition) is 1. The monoisotopic (exact) mass is 417 g/mol. The number of thiazole rings is 1. The summed E-state index contributed by atoms with van der Waals surface area (Å²) in [5, 5.41) is 4.77. The Kier molecular flexibility index (Phi) is 6.55. The molecule has 0 bridgehead atoms. The molecule has 29 heavy (non-hydrogen) atoms. The van der Waals surface area contributed by atoms with Crippen LogP contribution in [-0.2, 0) is 30.3 Å². The zero-order valence-electron chi connectivity index (χ0n) is 15.7. The largest absolute Gasteiger partial charge is 0.465 e. The van der Waals surface area contributed by atoms with Crippen molar-refractivity contribution in [1.29, 1.82) is 0 Å². The van der Waals surface area contributed by atoms with Gasteiger partial charge < -0.3 is 14.8 Å². The van der Waals surface area contributed by atoms with E-state index < -0.39 is 24.5 Å². The lowest BCUT2D eigenvalue weighted by Gasteiger charge is -2.10. The third kappa shape index (κ3) is 5.17. The van der Waals surface area contributed by atoms with Gasteiger partial charge in [-0.1, -0.05) is 12.1 Å². The number of amides is 2. The Hall–Kier alpha value is -3.27. The van der Waals surface area contributed by atoms with E-state index in [0.717, 1.165) is 6.42 Å². The van der Waals surface area contributed by atoms with Gasteiger partial charge in [0.2, 0.25) is 5.91 Å². The van der Waals surface area contributed by atoms with E-state index in [1.807, 2.05) is 0 Å². The Morgan fingerprint density at radius 3 is 2.79 bits per heavy atom. The number of hydrogen-bond acceptors (Lipinski definition) is 8. The molecule has 0 radical (unpaired) electrons. The smallest absolute Gasteiger partial charge is 0.339 e. The zero-order valence-corrected chi connectivity index (χ0v) is 16.5. The zero-order chi connectivity index (χ0) is 20.8. The number of anilines is 2. The predicted molar refractivity (Wildman–Crippen MR) is 105 cm³/mol. The Bertz CT molecular complexity index is 942. The number of ether oxygens (including phenoxy) is 2. The molecule has 152 valence electrons. The molecule has 1 aliphatic heterocycles. The van der Waals surface area contributed by atoms with Crippen LogP contribution in [0.25, 0.3) is 0 Å². The maximum absolute atomic E-state index is 12.0. The summed E-state index contributed by atoms with van der Waals surface area (Å²) >= 11 is 1.29. The topological polar surface area (TPSA) is 115 Å². The highest BCUT2D eigenvalue weighted by Crippen LogP contribution is 2.25. The van der Waals surface area contributed by atoms with Crippen LogP contribution in [-0.4, -0.2) is 49.0 Å². The van der Waals surface area contributed by atoms with Crippen molar-refractivity contribution in [1.82, 2.24) is 4.98 Å². The summed E-state index contributed by atoms with van der Waals surface area (Å²) in [5.74, 6) is -1.77.